The van der Waals surface area contributed by atoms with Crippen LogP contribution in [0, 0.1) is 30.6 Å². The molecule has 1 N–H and O–H groups in total. The van der Waals surface area contributed by atoms with Crippen LogP contribution in [-0.2, 0) is 14.4 Å². The smallest absolute Gasteiger partial charge is 0.279 e. The molecular formula is C22H26N2O4. The summed E-state index contributed by atoms with van der Waals surface area (Å²) in [6.45, 7) is 7.66. The summed E-state index contributed by atoms with van der Waals surface area (Å²) in [6.07, 6.45) is 1.06. The lowest BCUT2D eigenvalue weighted by Crippen LogP contribution is -2.51. The van der Waals surface area contributed by atoms with Crippen molar-refractivity contribution in [2.24, 2.45) is 23.7 Å². The van der Waals surface area contributed by atoms with Crippen LogP contribution in [0.4, 0.5) is 0 Å². The summed E-state index contributed by atoms with van der Waals surface area (Å²) in [4.78, 5) is 38.4. The highest BCUT2D eigenvalue weighted by atomic mass is 16.5. The molecule has 2 saturated carbocycles. The Morgan fingerprint density at radius 1 is 1.14 bits per heavy atom. The van der Waals surface area contributed by atoms with Crippen molar-refractivity contribution in [3.63, 3.8) is 0 Å². The van der Waals surface area contributed by atoms with E-state index in [1.54, 1.807) is 13.0 Å². The first-order chi connectivity index (χ1) is 13.3. The number of carbonyl (C=O) groups is 3. The summed E-state index contributed by atoms with van der Waals surface area (Å²) < 4.78 is 5.67. The van der Waals surface area contributed by atoms with E-state index in [1.165, 1.54) is 11.1 Å². The molecule has 3 amide bonds. The molecule has 0 spiro atoms. The van der Waals surface area contributed by atoms with Crippen LogP contribution in [0.5, 0.6) is 5.75 Å². The second kappa shape index (κ2) is 6.76. The molecule has 3 aliphatic rings. The Kier molecular flexibility index (Phi) is 4.52. The van der Waals surface area contributed by atoms with Crippen LogP contribution < -0.4 is 10.2 Å². The average molecular weight is 382 g/mol. The van der Waals surface area contributed by atoms with Gasteiger partial charge in [-0.2, -0.15) is 5.01 Å². The lowest BCUT2D eigenvalue weighted by molar-refractivity contribution is -0.151. The maximum atomic E-state index is 12.9. The number of benzene rings is 1. The molecule has 1 saturated heterocycles. The van der Waals surface area contributed by atoms with Crippen molar-refractivity contribution in [2.75, 3.05) is 0 Å². The van der Waals surface area contributed by atoms with Crippen LogP contribution in [-0.4, -0.2) is 28.8 Å². The van der Waals surface area contributed by atoms with Crippen LogP contribution in [0.25, 0.3) is 0 Å². The van der Waals surface area contributed by atoms with Gasteiger partial charge in [-0.05, 0) is 70.1 Å². The Morgan fingerprint density at radius 2 is 1.75 bits per heavy atom. The molecule has 148 valence electrons. The molecule has 1 aromatic rings. The van der Waals surface area contributed by atoms with E-state index in [-0.39, 0.29) is 35.5 Å². The number of fused-ring (bicyclic) bond motifs is 5. The van der Waals surface area contributed by atoms with Gasteiger partial charge in [0.05, 0.1) is 11.8 Å². The van der Waals surface area contributed by atoms with Crippen LogP contribution in [0.15, 0.2) is 35.4 Å². The van der Waals surface area contributed by atoms with Crippen LogP contribution in [0.2, 0.25) is 0 Å². The molecule has 2 bridgehead atoms. The van der Waals surface area contributed by atoms with Gasteiger partial charge in [0.1, 0.15) is 5.75 Å². The predicted octanol–water partition coefficient (Wildman–Crippen LogP) is 2.77. The monoisotopic (exact) mass is 382 g/mol. The molecule has 3 fully saturated rings. The lowest BCUT2D eigenvalue weighted by atomic mass is 9.81. The highest BCUT2D eigenvalue weighted by Crippen LogP contribution is 2.59. The Labute approximate surface area is 164 Å². The topological polar surface area (TPSA) is 75.7 Å². The minimum Gasteiger partial charge on any atom is -0.481 e. The van der Waals surface area contributed by atoms with E-state index in [2.05, 4.69) is 19.3 Å². The summed E-state index contributed by atoms with van der Waals surface area (Å²) in [7, 11) is 0. The second-order valence-corrected chi connectivity index (χ2v) is 8.36. The molecule has 1 heterocycles. The third-order valence-corrected chi connectivity index (χ3v) is 6.32. The summed E-state index contributed by atoms with van der Waals surface area (Å²) in [6, 6.07) is 7.39. The number of ether oxygens (including phenoxy) is 1. The van der Waals surface area contributed by atoms with Crippen molar-refractivity contribution in [1.29, 1.82) is 0 Å². The molecule has 1 aliphatic heterocycles. The number of nitrogens with one attached hydrogen (secondary N) is 1. The van der Waals surface area contributed by atoms with E-state index in [1.807, 2.05) is 25.1 Å². The first-order valence-corrected chi connectivity index (χ1v) is 9.88. The van der Waals surface area contributed by atoms with Gasteiger partial charge in [0, 0.05) is 0 Å². The third kappa shape index (κ3) is 2.82. The van der Waals surface area contributed by atoms with E-state index >= 15 is 0 Å². The lowest BCUT2D eigenvalue weighted by Gasteiger charge is -2.22. The first kappa shape index (κ1) is 18.7. The van der Waals surface area contributed by atoms with Crippen molar-refractivity contribution < 1.29 is 19.1 Å². The molecule has 0 aromatic heterocycles. The van der Waals surface area contributed by atoms with Gasteiger partial charge in [0.25, 0.3) is 17.7 Å². The van der Waals surface area contributed by atoms with Gasteiger partial charge < -0.3 is 4.74 Å². The number of rotatable bonds is 4. The Hall–Kier alpha value is -2.63. The van der Waals surface area contributed by atoms with Gasteiger partial charge in [0.15, 0.2) is 6.10 Å². The summed E-state index contributed by atoms with van der Waals surface area (Å²) >= 11 is 0. The summed E-state index contributed by atoms with van der Waals surface area (Å²) in [5.74, 6) is -0.871. The molecule has 6 nitrogen and oxygen atoms in total. The van der Waals surface area contributed by atoms with E-state index in [0.29, 0.717) is 5.75 Å². The van der Waals surface area contributed by atoms with E-state index in [0.717, 1.165) is 23.4 Å². The fraction of sp³-hybridized carbons (Fsp3) is 0.500. The van der Waals surface area contributed by atoms with E-state index in [9.17, 15) is 14.4 Å². The predicted molar refractivity (Wildman–Crippen MR) is 103 cm³/mol. The third-order valence-electron chi connectivity index (χ3n) is 6.32. The van der Waals surface area contributed by atoms with Crippen molar-refractivity contribution in [2.45, 2.75) is 46.6 Å². The molecule has 1 aromatic carbocycles. The number of imide groups is 1. The van der Waals surface area contributed by atoms with Crippen molar-refractivity contribution >= 4 is 17.7 Å². The number of carbonyl (C=O) groups excluding carboxylic acids is 3. The maximum Gasteiger partial charge on any atom is 0.279 e. The van der Waals surface area contributed by atoms with Gasteiger partial charge >= 0.3 is 0 Å². The van der Waals surface area contributed by atoms with E-state index in [4.69, 9.17) is 4.74 Å². The minimum absolute atomic E-state index is 0.138. The van der Waals surface area contributed by atoms with Gasteiger partial charge in [-0.1, -0.05) is 23.3 Å². The number of nitrogens with zero attached hydrogens (tertiary/aromatic N) is 1. The van der Waals surface area contributed by atoms with Crippen molar-refractivity contribution in [3.8, 4) is 5.75 Å². The van der Waals surface area contributed by atoms with Gasteiger partial charge in [-0.25, -0.2) is 0 Å². The molecular weight excluding hydrogens is 356 g/mol. The molecule has 6 heteroatoms. The van der Waals surface area contributed by atoms with Crippen molar-refractivity contribution in [1.82, 2.24) is 10.4 Å². The average Bonchev–Trinajstić information content (AvgIpc) is 3.27. The second-order valence-electron chi connectivity index (χ2n) is 8.36. The number of hydrogen-bond acceptors (Lipinski definition) is 4. The fourth-order valence-corrected chi connectivity index (χ4v) is 5.25. The Morgan fingerprint density at radius 3 is 2.29 bits per heavy atom. The molecule has 0 radical (unpaired) electrons. The largest absolute Gasteiger partial charge is 0.481 e. The quantitative estimate of drug-likeness (QED) is 0.642. The zero-order valence-corrected chi connectivity index (χ0v) is 16.7. The van der Waals surface area contributed by atoms with Crippen LogP contribution >= 0.6 is 0 Å². The molecule has 5 atom stereocenters. The number of hydrazine groups is 1. The maximum absolute atomic E-state index is 12.9. The zero-order valence-electron chi connectivity index (χ0n) is 16.7. The molecule has 4 rings (SSSR count). The van der Waals surface area contributed by atoms with Gasteiger partial charge in [0.2, 0.25) is 0 Å². The first-order valence-electron chi connectivity index (χ1n) is 9.88. The van der Waals surface area contributed by atoms with E-state index < -0.39 is 12.0 Å². The Balaban J connectivity index is 1.47. The zero-order chi connectivity index (χ0) is 20.2. The van der Waals surface area contributed by atoms with Gasteiger partial charge in [-0.15, -0.1) is 0 Å². The number of allylic oxidation sites excluding steroid dienone is 2. The highest BCUT2D eigenvalue weighted by Gasteiger charge is 2.63. The van der Waals surface area contributed by atoms with Gasteiger partial charge in [-0.3, -0.25) is 19.8 Å². The number of aryl methyl sites for hydroxylation is 1. The van der Waals surface area contributed by atoms with Crippen LogP contribution in [0.1, 0.15) is 39.2 Å². The van der Waals surface area contributed by atoms with Crippen molar-refractivity contribution in [3.05, 3.63) is 41.0 Å². The molecule has 2 aliphatic carbocycles. The number of amides is 3. The molecule has 28 heavy (non-hydrogen) atoms. The standard InChI is InChI=1S/C22H26N2O4/c1-11(2)17-15-8-9-16(17)19-18(15)21(26)24(22(19)27)23-20(25)13(4)28-14-7-5-6-12(3)10-14/h5-7,10,13,15-16,18-19H,8-9H2,1-4H3,(H,23,25)/t13-,15+,16+,18+,19+/m1/s1. The van der Waals surface area contributed by atoms with Crippen LogP contribution in [0.3, 0.4) is 0 Å². The Bertz CT molecular complexity index is 854. The number of hydrogen-bond donors (Lipinski definition) is 1. The minimum atomic E-state index is -0.826. The SMILES string of the molecule is CC(C)=C1[C@@H]2CC[C@@H]1[C@@H]1C(=O)N(NC(=O)[C@@H](C)Oc3cccc(C)c3)C(=O)[C@H]12. The normalized spacial score (nSPS) is 29.1. The summed E-state index contributed by atoms with van der Waals surface area (Å²) in [5, 5.41) is 0.945. The summed E-state index contributed by atoms with van der Waals surface area (Å²) in [5.41, 5.74) is 6.04. The fourth-order valence-electron chi connectivity index (χ4n) is 5.25. The molecule has 0 unspecified atom stereocenters. The highest BCUT2D eigenvalue weighted by molar-refractivity contribution is 6.07.